The van der Waals surface area contributed by atoms with Gasteiger partial charge in [-0.15, -0.1) is 11.3 Å². The molecule has 0 saturated heterocycles. The van der Waals surface area contributed by atoms with E-state index in [0.717, 1.165) is 17.0 Å². The molecule has 106 valence electrons. The number of carbonyl (C=O) groups excluding carboxylic acids is 1. The van der Waals surface area contributed by atoms with Crippen molar-refractivity contribution in [3.63, 3.8) is 0 Å². The SMILES string of the molecule is NC(CCC(=O)NCCc1nccs1)c1ccccc1. The van der Waals surface area contributed by atoms with Crippen molar-refractivity contribution in [1.82, 2.24) is 10.3 Å². The van der Waals surface area contributed by atoms with Crippen LogP contribution in [0.3, 0.4) is 0 Å². The molecule has 0 fully saturated rings. The minimum Gasteiger partial charge on any atom is -0.356 e. The largest absolute Gasteiger partial charge is 0.356 e. The van der Waals surface area contributed by atoms with Crippen molar-refractivity contribution in [1.29, 1.82) is 0 Å². The molecule has 4 nitrogen and oxygen atoms in total. The number of amides is 1. The van der Waals surface area contributed by atoms with Crippen LogP contribution in [-0.4, -0.2) is 17.4 Å². The molecule has 0 spiro atoms. The Bertz CT molecular complexity index is 513. The maximum atomic E-state index is 11.7. The third kappa shape index (κ3) is 4.75. The van der Waals surface area contributed by atoms with E-state index in [-0.39, 0.29) is 11.9 Å². The van der Waals surface area contributed by atoms with Gasteiger partial charge < -0.3 is 11.1 Å². The van der Waals surface area contributed by atoms with Gasteiger partial charge in [0.05, 0.1) is 5.01 Å². The Morgan fingerprint density at radius 3 is 2.85 bits per heavy atom. The molecule has 1 unspecified atom stereocenters. The van der Waals surface area contributed by atoms with Crippen molar-refractivity contribution < 1.29 is 4.79 Å². The van der Waals surface area contributed by atoms with Crippen LogP contribution in [0.2, 0.25) is 0 Å². The van der Waals surface area contributed by atoms with Crippen molar-refractivity contribution in [2.75, 3.05) is 6.54 Å². The van der Waals surface area contributed by atoms with E-state index in [1.807, 2.05) is 35.7 Å². The molecule has 20 heavy (non-hydrogen) atoms. The number of nitrogens with one attached hydrogen (secondary N) is 1. The van der Waals surface area contributed by atoms with Gasteiger partial charge in [-0.2, -0.15) is 0 Å². The lowest BCUT2D eigenvalue weighted by atomic mass is 10.0. The zero-order valence-corrected chi connectivity index (χ0v) is 12.1. The molecule has 5 heteroatoms. The third-order valence-electron chi connectivity index (χ3n) is 3.05. The highest BCUT2D eigenvalue weighted by atomic mass is 32.1. The number of hydrogen-bond acceptors (Lipinski definition) is 4. The summed E-state index contributed by atoms with van der Waals surface area (Å²) in [5.74, 6) is 0.0490. The van der Waals surface area contributed by atoms with Crippen LogP contribution >= 0.6 is 11.3 Å². The number of nitrogens with two attached hydrogens (primary N) is 1. The van der Waals surface area contributed by atoms with Crippen LogP contribution in [0, 0.1) is 0 Å². The standard InChI is InChI=1S/C15H19N3OS/c16-13(12-4-2-1-3-5-12)6-7-14(19)17-9-8-15-18-10-11-20-15/h1-5,10-11,13H,6-9,16H2,(H,17,19). The molecule has 3 N–H and O–H groups in total. The molecule has 0 aliphatic heterocycles. The van der Waals surface area contributed by atoms with Crippen LogP contribution in [-0.2, 0) is 11.2 Å². The summed E-state index contributed by atoms with van der Waals surface area (Å²) in [7, 11) is 0. The van der Waals surface area contributed by atoms with Gasteiger partial charge >= 0.3 is 0 Å². The molecule has 1 aromatic carbocycles. The number of rotatable bonds is 7. The molecule has 0 aliphatic rings. The van der Waals surface area contributed by atoms with Gasteiger partial charge in [-0.25, -0.2) is 4.98 Å². The van der Waals surface area contributed by atoms with Crippen molar-refractivity contribution in [2.45, 2.75) is 25.3 Å². The molecular formula is C15H19N3OS. The molecule has 1 aromatic heterocycles. The number of thiazole rings is 1. The Hall–Kier alpha value is -1.72. The van der Waals surface area contributed by atoms with Gasteiger partial charge in [0.2, 0.25) is 5.91 Å². The Morgan fingerprint density at radius 2 is 2.15 bits per heavy atom. The molecule has 1 atom stereocenters. The van der Waals surface area contributed by atoms with Gasteiger partial charge in [-0.1, -0.05) is 30.3 Å². The molecule has 0 radical (unpaired) electrons. The van der Waals surface area contributed by atoms with Crippen LogP contribution in [0.4, 0.5) is 0 Å². The van der Waals surface area contributed by atoms with Gasteiger partial charge in [0, 0.05) is 37.0 Å². The maximum absolute atomic E-state index is 11.7. The summed E-state index contributed by atoms with van der Waals surface area (Å²) < 4.78 is 0. The lowest BCUT2D eigenvalue weighted by molar-refractivity contribution is -0.121. The van der Waals surface area contributed by atoms with Crippen LogP contribution in [0.5, 0.6) is 0 Å². The van der Waals surface area contributed by atoms with E-state index < -0.39 is 0 Å². The molecule has 0 bridgehead atoms. The van der Waals surface area contributed by atoms with Crippen molar-refractivity contribution in [3.8, 4) is 0 Å². The predicted octanol–water partition coefficient (Wildman–Crippen LogP) is 2.28. The highest BCUT2D eigenvalue weighted by Gasteiger charge is 2.08. The average molecular weight is 289 g/mol. The first-order valence-electron chi connectivity index (χ1n) is 6.71. The predicted molar refractivity (Wildman–Crippen MR) is 81.4 cm³/mol. The molecule has 0 saturated carbocycles. The summed E-state index contributed by atoms with van der Waals surface area (Å²) >= 11 is 1.61. The first kappa shape index (κ1) is 14.7. The van der Waals surface area contributed by atoms with Crippen molar-refractivity contribution >= 4 is 17.2 Å². The van der Waals surface area contributed by atoms with Gasteiger partial charge in [-0.05, 0) is 12.0 Å². The average Bonchev–Trinajstić information content (AvgIpc) is 2.99. The van der Waals surface area contributed by atoms with E-state index in [1.165, 1.54) is 0 Å². The van der Waals surface area contributed by atoms with Gasteiger partial charge in [-0.3, -0.25) is 4.79 Å². The highest BCUT2D eigenvalue weighted by Crippen LogP contribution is 2.14. The minimum atomic E-state index is -0.0825. The van der Waals surface area contributed by atoms with Crippen LogP contribution < -0.4 is 11.1 Å². The molecule has 1 heterocycles. The second kappa shape index (κ2) is 7.77. The Kier molecular flexibility index (Phi) is 5.70. The van der Waals surface area contributed by atoms with E-state index in [4.69, 9.17) is 5.73 Å². The van der Waals surface area contributed by atoms with E-state index in [2.05, 4.69) is 10.3 Å². The van der Waals surface area contributed by atoms with E-state index in [1.54, 1.807) is 17.5 Å². The van der Waals surface area contributed by atoms with Gasteiger partial charge in [0.1, 0.15) is 0 Å². The minimum absolute atomic E-state index is 0.0490. The number of nitrogens with zero attached hydrogens (tertiary/aromatic N) is 1. The zero-order chi connectivity index (χ0) is 14.2. The molecule has 0 aliphatic carbocycles. The molecule has 1 amide bonds. The quantitative estimate of drug-likeness (QED) is 0.821. The Balaban J connectivity index is 1.65. The zero-order valence-electron chi connectivity index (χ0n) is 11.3. The Morgan fingerprint density at radius 1 is 1.35 bits per heavy atom. The summed E-state index contributed by atoms with van der Waals surface area (Å²) in [6.07, 6.45) is 3.68. The summed E-state index contributed by atoms with van der Waals surface area (Å²) in [6.45, 7) is 0.632. The number of benzene rings is 1. The monoisotopic (exact) mass is 289 g/mol. The summed E-state index contributed by atoms with van der Waals surface area (Å²) in [4.78, 5) is 15.9. The number of aromatic nitrogens is 1. The second-order valence-corrected chi connectivity index (χ2v) is 5.56. The van der Waals surface area contributed by atoms with E-state index >= 15 is 0 Å². The number of carbonyl (C=O) groups is 1. The maximum Gasteiger partial charge on any atom is 0.220 e. The third-order valence-corrected chi connectivity index (χ3v) is 3.89. The van der Waals surface area contributed by atoms with E-state index in [9.17, 15) is 4.79 Å². The normalized spacial score (nSPS) is 12.1. The fraction of sp³-hybridized carbons (Fsp3) is 0.333. The fourth-order valence-electron chi connectivity index (χ4n) is 1.93. The topological polar surface area (TPSA) is 68.0 Å². The lowest BCUT2D eigenvalue weighted by Crippen LogP contribution is -2.26. The molecule has 2 aromatic rings. The van der Waals surface area contributed by atoms with Crippen LogP contribution in [0.15, 0.2) is 41.9 Å². The summed E-state index contributed by atoms with van der Waals surface area (Å²) in [5, 5.41) is 5.89. The van der Waals surface area contributed by atoms with Crippen molar-refractivity contribution in [3.05, 3.63) is 52.5 Å². The first-order chi connectivity index (χ1) is 9.75. The van der Waals surface area contributed by atoms with E-state index in [0.29, 0.717) is 19.4 Å². The molecular weight excluding hydrogens is 270 g/mol. The summed E-state index contributed by atoms with van der Waals surface area (Å²) in [5.41, 5.74) is 7.13. The number of hydrogen-bond donors (Lipinski definition) is 2. The first-order valence-corrected chi connectivity index (χ1v) is 7.59. The van der Waals surface area contributed by atoms with Gasteiger partial charge in [0.25, 0.3) is 0 Å². The molecule has 2 rings (SSSR count). The van der Waals surface area contributed by atoms with Gasteiger partial charge in [0.15, 0.2) is 0 Å². The van der Waals surface area contributed by atoms with Crippen LogP contribution in [0.1, 0.15) is 29.5 Å². The summed E-state index contributed by atoms with van der Waals surface area (Å²) in [6, 6.07) is 9.78. The van der Waals surface area contributed by atoms with Crippen LogP contribution in [0.25, 0.3) is 0 Å². The lowest BCUT2D eigenvalue weighted by Gasteiger charge is -2.11. The van der Waals surface area contributed by atoms with Crippen molar-refractivity contribution in [2.24, 2.45) is 5.73 Å². The second-order valence-electron chi connectivity index (χ2n) is 4.58. The Labute approximate surface area is 123 Å². The highest BCUT2D eigenvalue weighted by molar-refractivity contribution is 7.09. The fourth-order valence-corrected chi connectivity index (χ4v) is 2.55. The smallest absolute Gasteiger partial charge is 0.220 e.